The van der Waals surface area contributed by atoms with Crippen LogP contribution >= 0.6 is 23.2 Å². The fourth-order valence-corrected chi connectivity index (χ4v) is 2.78. The lowest BCUT2D eigenvalue weighted by molar-refractivity contribution is 0.405. The summed E-state index contributed by atoms with van der Waals surface area (Å²) < 4.78 is 5.44. The van der Waals surface area contributed by atoms with Gasteiger partial charge in [0.25, 0.3) is 0 Å². The Bertz CT molecular complexity index is 613. The van der Waals surface area contributed by atoms with Crippen LogP contribution in [-0.2, 0) is 0 Å². The van der Waals surface area contributed by atoms with Crippen molar-refractivity contribution in [1.29, 1.82) is 0 Å². The first-order chi connectivity index (χ1) is 9.56. The van der Waals surface area contributed by atoms with E-state index in [1.807, 2.05) is 50.4 Å². The van der Waals surface area contributed by atoms with Crippen LogP contribution in [0.5, 0.6) is 5.75 Å². The van der Waals surface area contributed by atoms with Crippen LogP contribution in [0, 0.1) is 6.92 Å². The van der Waals surface area contributed by atoms with Crippen molar-refractivity contribution in [3.63, 3.8) is 0 Å². The number of aryl methyl sites for hydroxylation is 1. The molecule has 0 aromatic heterocycles. The molecule has 0 saturated heterocycles. The molecule has 106 valence electrons. The molecule has 0 amide bonds. The minimum absolute atomic E-state index is 0.000849. The molecule has 1 atom stereocenters. The maximum atomic E-state index is 6.12. The van der Waals surface area contributed by atoms with E-state index >= 15 is 0 Å². The lowest BCUT2D eigenvalue weighted by atomic mass is 9.94. The Hall–Kier alpha value is -1.22. The van der Waals surface area contributed by atoms with Gasteiger partial charge in [-0.3, -0.25) is 0 Å². The molecule has 0 fully saturated rings. The molecule has 4 heteroatoms. The molecular formula is C16H17Cl2NO. The van der Waals surface area contributed by atoms with Gasteiger partial charge < -0.3 is 10.1 Å². The number of hydrogen-bond acceptors (Lipinski definition) is 2. The van der Waals surface area contributed by atoms with Crippen LogP contribution in [0.4, 0.5) is 0 Å². The Labute approximate surface area is 129 Å². The maximum absolute atomic E-state index is 6.12. The smallest absolute Gasteiger partial charge is 0.124 e. The maximum Gasteiger partial charge on any atom is 0.124 e. The van der Waals surface area contributed by atoms with Gasteiger partial charge in [0, 0.05) is 15.6 Å². The van der Waals surface area contributed by atoms with Crippen LogP contribution in [0.2, 0.25) is 10.0 Å². The minimum Gasteiger partial charge on any atom is -0.496 e. The van der Waals surface area contributed by atoms with Crippen LogP contribution in [0.15, 0.2) is 36.4 Å². The molecule has 0 saturated carbocycles. The fraction of sp³-hybridized carbons (Fsp3) is 0.250. The van der Waals surface area contributed by atoms with Gasteiger partial charge in [-0.2, -0.15) is 0 Å². The summed E-state index contributed by atoms with van der Waals surface area (Å²) in [6.45, 7) is 2.04. The van der Waals surface area contributed by atoms with E-state index in [0.29, 0.717) is 5.02 Å². The van der Waals surface area contributed by atoms with Gasteiger partial charge in [0.1, 0.15) is 5.75 Å². The molecule has 0 aliphatic rings. The molecule has 0 aliphatic carbocycles. The van der Waals surface area contributed by atoms with Crippen molar-refractivity contribution in [2.24, 2.45) is 0 Å². The summed E-state index contributed by atoms with van der Waals surface area (Å²) in [6, 6.07) is 11.5. The monoisotopic (exact) mass is 309 g/mol. The van der Waals surface area contributed by atoms with Gasteiger partial charge in [-0.1, -0.05) is 29.3 Å². The largest absolute Gasteiger partial charge is 0.496 e. The predicted octanol–water partition coefficient (Wildman–Crippen LogP) is 4.62. The van der Waals surface area contributed by atoms with E-state index in [4.69, 9.17) is 27.9 Å². The molecule has 1 N–H and O–H groups in total. The third-order valence-electron chi connectivity index (χ3n) is 3.33. The molecule has 2 nitrogen and oxygen atoms in total. The number of halogens is 2. The number of rotatable bonds is 4. The van der Waals surface area contributed by atoms with E-state index in [9.17, 15) is 0 Å². The predicted molar refractivity (Wildman–Crippen MR) is 85.1 cm³/mol. The first-order valence-corrected chi connectivity index (χ1v) is 7.09. The second kappa shape index (κ2) is 6.49. The van der Waals surface area contributed by atoms with Crippen LogP contribution in [0.25, 0.3) is 0 Å². The van der Waals surface area contributed by atoms with Gasteiger partial charge >= 0.3 is 0 Å². The second-order valence-electron chi connectivity index (χ2n) is 4.61. The molecule has 20 heavy (non-hydrogen) atoms. The Kier molecular flexibility index (Phi) is 4.92. The van der Waals surface area contributed by atoms with E-state index < -0.39 is 0 Å². The van der Waals surface area contributed by atoms with E-state index in [1.165, 1.54) is 0 Å². The normalized spacial score (nSPS) is 12.2. The number of benzene rings is 2. The van der Waals surface area contributed by atoms with Crippen molar-refractivity contribution in [3.05, 3.63) is 63.1 Å². The lowest BCUT2D eigenvalue weighted by Crippen LogP contribution is -2.19. The number of ether oxygens (including phenoxy) is 1. The average Bonchev–Trinajstić information content (AvgIpc) is 2.42. The van der Waals surface area contributed by atoms with Gasteiger partial charge in [-0.25, -0.2) is 0 Å². The van der Waals surface area contributed by atoms with Crippen LogP contribution < -0.4 is 10.1 Å². The van der Waals surface area contributed by atoms with Crippen LogP contribution in [0.3, 0.4) is 0 Å². The summed E-state index contributed by atoms with van der Waals surface area (Å²) in [7, 11) is 3.58. The third-order valence-corrected chi connectivity index (χ3v) is 3.80. The van der Waals surface area contributed by atoms with E-state index in [1.54, 1.807) is 7.11 Å². The zero-order valence-electron chi connectivity index (χ0n) is 11.7. The van der Waals surface area contributed by atoms with Gasteiger partial charge in [0.05, 0.1) is 13.2 Å². The van der Waals surface area contributed by atoms with Crippen LogP contribution in [0.1, 0.15) is 22.7 Å². The quantitative estimate of drug-likeness (QED) is 0.890. The summed E-state index contributed by atoms with van der Waals surface area (Å²) >= 11 is 12.2. The highest BCUT2D eigenvalue weighted by Gasteiger charge is 2.18. The Morgan fingerprint density at radius 2 is 1.65 bits per heavy atom. The molecule has 0 bridgehead atoms. The van der Waals surface area contributed by atoms with Crippen molar-refractivity contribution >= 4 is 23.2 Å². The molecule has 0 aliphatic heterocycles. The van der Waals surface area contributed by atoms with Crippen molar-refractivity contribution < 1.29 is 4.74 Å². The van der Waals surface area contributed by atoms with Gasteiger partial charge in [-0.05, 0) is 55.4 Å². The molecule has 2 aromatic rings. The molecule has 0 spiro atoms. The number of methoxy groups -OCH3 is 1. The van der Waals surface area contributed by atoms with E-state index in [0.717, 1.165) is 27.5 Å². The first-order valence-electron chi connectivity index (χ1n) is 6.33. The van der Waals surface area contributed by atoms with Crippen LogP contribution in [-0.4, -0.2) is 14.2 Å². The third kappa shape index (κ3) is 3.09. The minimum atomic E-state index is 0.000849. The molecule has 1 unspecified atom stereocenters. The molecular weight excluding hydrogens is 293 g/mol. The van der Waals surface area contributed by atoms with Gasteiger partial charge in [0.15, 0.2) is 0 Å². The van der Waals surface area contributed by atoms with Crippen molar-refractivity contribution in [2.75, 3.05) is 14.2 Å². The summed E-state index contributed by atoms with van der Waals surface area (Å²) in [5.41, 5.74) is 3.28. The van der Waals surface area contributed by atoms with E-state index in [-0.39, 0.29) is 6.04 Å². The molecule has 2 rings (SSSR count). The van der Waals surface area contributed by atoms with Gasteiger partial charge in [-0.15, -0.1) is 0 Å². The topological polar surface area (TPSA) is 21.3 Å². The molecule has 0 radical (unpaired) electrons. The number of nitrogens with one attached hydrogen (secondary N) is 1. The fourth-order valence-electron chi connectivity index (χ4n) is 2.37. The zero-order valence-corrected chi connectivity index (χ0v) is 13.2. The van der Waals surface area contributed by atoms with Crippen molar-refractivity contribution in [1.82, 2.24) is 5.32 Å². The Balaban J connectivity index is 2.54. The highest BCUT2D eigenvalue weighted by Crippen LogP contribution is 2.34. The van der Waals surface area contributed by atoms with Crippen molar-refractivity contribution in [2.45, 2.75) is 13.0 Å². The Morgan fingerprint density at radius 1 is 1.00 bits per heavy atom. The SMILES string of the molecule is CNC(c1ccc(Cl)cc1C)c1cc(Cl)ccc1OC. The summed E-state index contributed by atoms with van der Waals surface area (Å²) in [6.07, 6.45) is 0. The second-order valence-corrected chi connectivity index (χ2v) is 5.48. The van der Waals surface area contributed by atoms with Gasteiger partial charge in [0.2, 0.25) is 0 Å². The highest BCUT2D eigenvalue weighted by molar-refractivity contribution is 6.31. The standard InChI is InChI=1S/C16H17Cl2NO/c1-10-8-11(17)4-6-13(10)16(19-2)14-9-12(18)5-7-15(14)20-3/h4-9,16,19H,1-3H3. The summed E-state index contributed by atoms with van der Waals surface area (Å²) in [4.78, 5) is 0. The van der Waals surface area contributed by atoms with E-state index in [2.05, 4.69) is 5.32 Å². The molecule has 2 aromatic carbocycles. The summed E-state index contributed by atoms with van der Waals surface area (Å²) in [5.74, 6) is 0.808. The zero-order chi connectivity index (χ0) is 14.7. The first kappa shape index (κ1) is 15.2. The summed E-state index contributed by atoms with van der Waals surface area (Å²) in [5, 5.41) is 4.74. The number of hydrogen-bond donors (Lipinski definition) is 1. The Morgan fingerprint density at radius 3 is 2.25 bits per heavy atom. The lowest BCUT2D eigenvalue weighted by Gasteiger charge is -2.22. The average molecular weight is 310 g/mol. The van der Waals surface area contributed by atoms with Crippen molar-refractivity contribution in [3.8, 4) is 5.75 Å². The molecule has 0 heterocycles. The highest BCUT2D eigenvalue weighted by atomic mass is 35.5.